The summed E-state index contributed by atoms with van der Waals surface area (Å²) in [5, 5.41) is 14.5. The zero-order chi connectivity index (χ0) is 20.8. The van der Waals surface area contributed by atoms with Gasteiger partial charge in [0.2, 0.25) is 5.91 Å². The van der Waals surface area contributed by atoms with Gasteiger partial charge in [-0.25, -0.2) is 4.68 Å². The third kappa shape index (κ3) is 4.60. The topological polar surface area (TPSA) is 72.7 Å². The maximum absolute atomic E-state index is 13.1. The van der Waals surface area contributed by atoms with Crippen molar-refractivity contribution in [1.82, 2.24) is 25.5 Å². The highest BCUT2D eigenvalue weighted by Gasteiger charge is 2.24. The molecule has 0 spiro atoms. The zero-order valence-electron chi connectivity index (χ0n) is 16.7. The first-order valence-electron chi connectivity index (χ1n) is 9.93. The van der Waals surface area contributed by atoms with E-state index in [2.05, 4.69) is 57.2 Å². The normalized spacial score (nSPS) is 12.8. The van der Waals surface area contributed by atoms with E-state index in [0.29, 0.717) is 6.42 Å². The predicted octanol–water partition coefficient (Wildman–Crippen LogP) is 4.00. The van der Waals surface area contributed by atoms with Gasteiger partial charge in [-0.1, -0.05) is 84.9 Å². The molecule has 1 heterocycles. The summed E-state index contributed by atoms with van der Waals surface area (Å²) >= 11 is 0. The van der Waals surface area contributed by atoms with Crippen molar-refractivity contribution in [1.29, 1.82) is 0 Å². The fourth-order valence-electron chi connectivity index (χ4n) is 3.44. The number of carbonyl (C=O) groups is 1. The number of amides is 1. The Morgan fingerprint density at radius 1 is 0.900 bits per heavy atom. The number of hydrogen-bond acceptors (Lipinski definition) is 4. The van der Waals surface area contributed by atoms with Crippen molar-refractivity contribution in [3.8, 4) is 11.1 Å². The third-order valence-corrected chi connectivity index (χ3v) is 5.14. The molecular formula is C24H23N5O. The van der Waals surface area contributed by atoms with Gasteiger partial charge < -0.3 is 5.32 Å². The summed E-state index contributed by atoms with van der Waals surface area (Å²) in [6.07, 6.45) is 1.99. The number of rotatable bonds is 7. The van der Waals surface area contributed by atoms with Gasteiger partial charge in [0.25, 0.3) is 0 Å². The smallest absolute Gasteiger partial charge is 0.245 e. The highest BCUT2D eigenvalue weighted by molar-refractivity contribution is 5.81. The van der Waals surface area contributed by atoms with Crippen molar-refractivity contribution in [3.63, 3.8) is 0 Å². The van der Waals surface area contributed by atoms with Crippen LogP contribution in [0, 0.1) is 0 Å². The summed E-state index contributed by atoms with van der Waals surface area (Å²) in [6.45, 7) is 1.98. The summed E-state index contributed by atoms with van der Waals surface area (Å²) in [4.78, 5) is 13.1. The van der Waals surface area contributed by atoms with Crippen molar-refractivity contribution < 1.29 is 4.79 Å². The van der Waals surface area contributed by atoms with Gasteiger partial charge >= 0.3 is 0 Å². The number of tetrazole rings is 1. The van der Waals surface area contributed by atoms with Gasteiger partial charge in [-0.3, -0.25) is 4.79 Å². The molecule has 4 rings (SSSR count). The van der Waals surface area contributed by atoms with Crippen LogP contribution in [0.3, 0.4) is 0 Å². The lowest BCUT2D eigenvalue weighted by Gasteiger charge is -2.20. The van der Waals surface area contributed by atoms with E-state index >= 15 is 0 Å². The van der Waals surface area contributed by atoms with Crippen LogP contribution >= 0.6 is 0 Å². The van der Waals surface area contributed by atoms with Crippen molar-refractivity contribution in [2.75, 3.05) is 0 Å². The highest BCUT2D eigenvalue weighted by Crippen LogP contribution is 2.22. The average Bonchev–Trinajstić information content (AvgIpc) is 3.33. The SMILES string of the molecule is C[C@@H](NC(=O)[C@H](Cc1ccccc1)n1cnnn1)c1ccc(-c2ccccc2)cc1. The van der Waals surface area contributed by atoms with Crippen LogP contribution in [0.4, 0.5) is 0 Å². The molecular weight excluding hydrogens is 374 g/mol. The van der Waals surface area contributed by atoms with E-state index in [1.807, 2.05) is 55.5 Å². The molecule has 0 saturated heterocycles. The number of carbonyl (C=O) groups excluding carboxylic acids is 1. The first kappa shape index (κ1) is 19.5. The molecule has 150 valence electrons. The number of nitrogens with zero attached hydrogens (tertiary/aromatic N) is 4. The number of hydrogen-bond donors (Lipinski definition) is 1. The molecule has 4 aromatic rings. The summed E-state index contributed by atoms with van der Waals surface area (Å²) in [5.74, 6) is -0.120. The lowest BCUT2D eigenvalue weighted by Crippen LogP contribution is -2.35. The van der Waals surface area contributed by atoms with Crippen LogP contribution in [0.1, 0.15) is 30.1 Å². The molecule has 6 heteroatoms. The van der Waals surface area contributed by atoms with Crippen molar-refractivity contribution in [2.45, 2.75) is 25.4 Å². The maximum atomic E-state index is 13.1. The zero-order valence-corrected chi connectivity index (χ0v) is 16.7. The molecule has 3 aromatic carbocycles. The molecule has 1 N–H and O–H groups in total. The molecule has 1 amide bonds. The van der Waals surface area contributed by atoms with Crippen LogP contribution in [0.5, 0.6) is 0 Å². The van der Waals surface area contributed by atoms with Gasteiger partial charge in [-0.05, 0) is 39.6 Å². The summed E-state index contributed by atoms with van der Waals surface area (Å²) in [6, 6.07) is 27.7. The standard InChI is InChI=1S/C24H23N5O/c1-18(20-12-14-22(15-13-20)21-10-6-3-7-11-21)26-24(30)23(29-17-25-27-28-29)16-19-8-4-2-5-9-19/h2-15,17-18,23H,16H2,1H3,(H,26,30)/t18-,23+/m1/s1. The summed E-state index contributed by atoms with van der Waals surface area (Å²) in [7, 11) is 0. The lowest BCUT2D eigenvalue weighted by atomic mass is 10.0. The Bertz CT molecular complexity index is 1060. The monoisotopic (exact) mass is 397 g/mol. The largest absolute Gasteiger partial charge is 0.348 e. The van der Waals surface area contributed by atoms with E-state index in [9.17, 15) is 4.79 Å². The van der Waals surface area contributed by atoms with E-state index in [4.69, 9.17) is 0 Å². The number of benzene rings is 3. The molecule has 0 fully saturated rings. The van der Waals surface area contributed by atoms with Crippen molar-refractivity contribution >= 4 is 5.91 Å². The quantitative estimate of drug-likeness (QED) is 0.512. The molecule has 0 bridgehead atoms. The Labute approximate surface area is 175 Å². The fourth-order valence-corrected chi connectivity index (χ4v) is 3.44. The fraction of sp³-hybridized carbons (Fsp3) is 0.167. The first-order valence-corrected chi connectivity index (χ1v) is 9.93. The van der Waals surface area contributed by atoms with Crippen LogP contribution in [0.25, 0.3) is 11.1 Å². The van der Waals surface area contributed by atoms with Gasteiger partial charge in [-0.15, -0.1) is 5.10 Å². The minimum absolute atomic E-state index is 0.120. The number of aromatic nitrogens is 4. The molecule has 0 unspecified atom stereocenters. The predicted molar refractivity (Wildman–Crippen MR) is 115 cm³/mol. The molecule has 30 heavy (non-hydrogen) atoms. The first-order chi connectivity index (χ1) is 14.7. The van der Waals surface area contributed by atoms with Crippen LogP contribution in [-0.4, -0.2) is 26.1 Å². The Balaban J connectivity index is 1.48. The van der Waals surface area contributed by atoms with Gasteiger partial charge in [0, 0.05) is 6.42 Å². The lowest BCUT2D eigenvalue weighted by molar-refractivity contribution is -0.125. The molecule has 0 radical (unpaired) electrons. The van der Waals surface area contributed by atoms with Crippen molar-refractivity contribution in [2.24, 2.45) is 0 Å². The second-order valence-electron chi connectivity index (χ2n) is 7.21. The van der Waals surface area contributed by atoms with E-state index in [0.717, 1.165) is 16.7 Å². The summed E-state index contributed by atoms with van der Waals surface area (Å²) in [5.41, 5.74) is 4.40. The van der Waals surface area contributed by atoms with Crippen molar-refractivity contribution in [3.05, 3.63) is 102 Å². The van der Waals surface area contributed by atoms with E-state index < -0.39 is 6.04 Å². The second-order valence-corrected chi connectivity index (χ2v) is 7.21. The molecule has 0 aliphatic carbocycles. The molecule has 0 aliphatic rings. The van der Waals surface area contributed by atoms with Crippen LogP contribution < -0.4 is 5.32 Å². The molecule has 0 aliphatic heterocycles. The second kappa shape index (κ2) is 9.13. The maximum Gasteiger partial charge on any atom is 0.245 e. The van der Waals surface area contributed by atoms with Gasteiger partial charge in [0.05, 0.1) is 6.04 Å². The molecule has 2 atom stereocenters. The Morgan fingerprint density at radius 2 is 1.53 bits per heavy atom. The van der Waals surface area contributed by atoms with Gasteiger partial charge in [0.15, 0.2) is 0 Å². The van der Waals surface area contributed by atoms with Crippen LogP contribution in [-0.2, 0) is 11.2 Å². The number of nitrogens with one attached hydrogen (secondary N) is 1. The van der Waals surface area contributed by atoms with E-state index in [-0.39, 0.29) is 11.9 Å². The van der Waals surface area contributed by atoms with Gasteiger partial charge in [0.1, 0.15) is 12.4 Å². The Morgan fingerprint density at radius 3 is 2.17 bits per heavy atom. The van der Waals surface area contributed by atoms with E-state index in [1.54, 1.807) is 0 Å². The summed E-state index contributed by atoms with van der Waals surface area (Å²) < 4.78 is 1.51. The molecule has 6 nitrogen and oxygen atoms in total. The van der Waals surface area contributed by atoms with Crippen LogP contribution in [0.2, 0.25) is 0 Å². The highest BCUT2D eigenvalue weighted by atomic mass is 16.2. The minimum atomic E-state index is -0.520. The minimum Gasteiger partial charge on any atom is -0.348 e. The third-order valence-electron chi connectivity index (χ3n) is 5.14. The Hall–Kier alpha value is -3.80. The van der Waals surface area contributed by atoms with Gasteiger partial charge in [-0.2, -0.15) is 0 Å². The van der Waals surface area contributed by atoms with Crippen LogP contribution in [0.15, 0.2) is 91.3 Å². The molecule has 1 aromatic heterocycles. The average molecular weight is 397 g/mol. The van der Waals surface area contributed by atoms with E-state index in [1.165, 1.54) is 16.6 Å². The molecule has 0 saturated carbocycles. The Kier molecular flexibility index (Phi) is 5.94.